The number of carbonyl (C=O) groups is 3. The molecule has 2 rings (SSSR count). The van der Waals surface area contributed by atoms with Crippen LogP contribution >= 0.6 is 22.9 Å². The van der Waals surface area contributed by atoms with E-state index >= 15 is 0 Å². The fourth-order valence-electron chi connectivity index (χ4n) is 2.17. The summed E-state index contributed by atoms with van der Waals surface area (Å²) in [6.07, 6.45) is 0.499. The third kappa shape index (κ3) is 5.40. The first kappa shape index (κ1) is 20.1. The minimum absolute atomic E-state index is 0.00410. The third-order valence-corrected chi connectivity index (χ3v) is 4.76. The number of anilines is 1. The fraction of sp³-hybridized carbons (Fsp3) is 0.412. The normalized spacial score (nSPS) is 12.0. The Balaban J connectivity index is 1.81. The molecule has 9 heteroatoms. The van der Waals surface area contributed by atoms with Gasteiger partial charge in [0.05, 0.1) is 21.8 Å². The van der Waals surface area contributed by atoms with E-state index in [0.29, 0.717) is 15.0 Å². The summed E-state index contributed by atoms with van der Waals surface area (Å²) < 4.78 is 7.26. The zero-order valence-corrected chi connectivity index (χ0v) is 16.3. The average molecular weight is 398 g/mol. The highest BCUT2D eigenvalue weighted by molar-refractivity contribution is 7.18. The van der Waals surface area contributed by atoms with Gasteiger partial charge in [-0.25, -0.2) is 4.68 Å². The van der Waals surface area contributed by atoms with Gasteiger partial charge >= 0.3 is 5.97 Å². The number of esters is 1. The molecule has 140 valence electrons. The van der Waals surface area contributed by atoms with Gasteiger partial charge in [0.1, 0.15) is 5.82 Å². The fourth-order valence-corrected chi connectivity index (χ4v) is 3.18. The summed E-state index contributed by atoms with van der Waals surface area (Å²) in [5.41, 5.74) is 0. The number of Topliss-reactive ketones (excluding diaryl/α,β-unsaturated/α-hetero) is 1. The maximum absolute atomic E-state index is 12.2. The zero-order valence-electron chi connectivity index (χ0n) is 14.7. The van der Waals surface area contributed by atoms with E-state index in [-0.39, 0.29) is 24.7 Å². The molecule has 1 N–H and O–H groups in total. The van der Waals surface area contributed by atoms with Gasteiger partial charge in [-0.2, -0.15) is 5.10 Å². The van der Waals surface area contributed by atoms with E-state index < -0.39 is 18.0 Å². The summed E-state index contributed by atoms with van der Waals surface area (Å²) in [6, 6.07) is 4.99. The van der Waals surface area contributed by atoms with E-state index in [2.05, 4.69) is 10.4 Å². The quantitative estimate of drug-likeness (QED) is 0.541. The van der Waals surface area contributed by atoms with Crippen molar-refractivity contribution in [3.63, 3.8) is 0 Å². The second-order valence-corrected chi connectivity index (χ2v) is 7.62. The summed E-state index contributed by atoms with van der Waals surface area (Å²) in [6.45, 7) is 5.35. The van der Waals surface area contributed by atoms with Gasteiger partial charge in [0.2, 0.25) is 0 Å². The zero-order chi connectivity index (χ0) is 19.3. The molecule has 0 bridgehead atoms. The summed E-state index contributed by atoms with van der Waals surface area (Å²) in [5.74, 6) is -0.729. The largest absolute Gasteiger partial charge is 0.453 e. The number of halogens is 1. The smallest absolute Gasteiger partial charge is 0.307 e. The molecule has 0 aliphatic heterocycles. The Morgan fingerprint density at radius 2 is 1.96 bits per heavy atom. The van der Waals surface area contributed by atoms with Gasteiger partial charge in [-0.15, -0.1) is 11.3 Å². The second-order valence-electron chi connectivity index (χ2n) is 5.90. The Bertz CT molecular complexity index is 800. The molecule has 2 aromatic rings. The van der Waals surface area contributed by atoms with Crippen LogP contribution in [-0.2, 0) is 14.3 Å². The SMILES string of the molecule is CC(C)n1nccc1NC(=O)[C@H](C)OC(=O)CCC(=O)c1ccc(Cl)s1. The molecule has 1 amide bonds. The van der Waals surface area contributed by atoms with E-state index in [1.807, 2.05) is 13.8 Å². The number of carbonyl (C=O) groups excluding carboxylic acids is 3. The predicted octanol–water partition coefficient (Wildman–Crippen LogP) is 3.71. The highest BCUT2D eigenvalue weighted by Gasteiger charge is 2.20. The van der Waals surface area contributed by atoms with E-state index in [0.717, 1.165) is 11.3 Å². The molecule has 0 saturated heterocycles. The lowest BCUT2D eigenvalue weighted by atomic mass is 10.2. The Morgan fingerprint density at radius 1 is 1.23 bits per heavy atom. The van der Waals surface area contributed by atoms with E-state index in [4.69, 9.17) is 16.3 Å². The number of rotatable bonds is 8. The van der Waals surface area contributed by atoms with Crippen LogP contribution in [0.15, 0.2) is 24.4 Å². The van der Waals surface area contributed by atoms with E-state index in [1.165, 1.54) is 6.92 Å². The molecule has 0 unspecified atom stereocenters. The number of nitrogens with one attached hydrogen (secondary N) is 1. The molecule has 7 nitrogen and oxygen atoms in total. The van der Waals surface area contributed by atoms with Crippen molar-refractivity contribution in [3.05, 3.63) is 33.6 Å². The molecule has 2 heterocycles. The van der Waals surface area contributed by atoms with Crippen molar-refractivity contribution in [3.8, 4) is 0 Å². The van der Waals surface area contributed by atoms with Crippen LogP contribution in [0.1, 0.15) is 49.3 Å². The van der Waals surface area contributed by atoms with Crippen LogP contribution in [0, 0.1) is 0 Å². The van der Waals surface area contributed by atoms with Crippen LogP contribution in [0.2, 0.25) is 4.34 Å². The summed E-state index contributed by atoms with van der Waals surface area (Å²) in [5, 5.41) is 6.79. The van der Waals surface area contributed by atoms with Gasteiger partial charge in [0.15, 0.2) is 11.9 Å². The van der Waals surface area contributed by atoms with Crippen LogP contribution in [0.5, 0.6) is 0 Å². The van der Waals surface area contributed by atoms with Crippen LogP contribution < -0.4 is 5.32 Å². The number of amides is 1. The van der Waals surface area contributed by atoms with Crippen LogP contribution in [0.3, 0.4) is 0 Å². The maximum atomic E-state index is 12.2. The molecule has 0 saturated carbocycles. The van der Waals surface area contributed by atoms with Crippen LogP contribution in [-0.4, -0.2) is 33.5 Å². The van der Waals surface area contributed by atoms with Gasteiger partial charge < -0.3 is 10.1 Å². The first-order valence-electron chi connectivity index (χ1n) is 8.10. The predicted molar refractivity (Wildman–Crippen MR) is 99.7 cm³/mol. The molecule has 0 aliphatic rings. The molecule has 0 fully saturated rings. The summed E-state index contributed by atoms with van der Waals surface area (Å²) in [4.78, 5) is 36.5. The highest BCUT2D eigenvalue weighted by Crippen LogP contribution is 2.23. The van der Waals surface area contributed by atoms with Crippen molar-refractivity contribution < 1.29 is 19.1 Å². The van der Waals surface area contributed by atoms with Gasteiger partial charge in [0.25, 0.3) is 5.91 Å². The first-order valence-corrected chi connectivity index (χ1v) is 9.29. The minimum Gasteiger partial charge on any atom is -0.453 e. The molecule has 0 spiro atoms. The summed E-state index contributed by atoms with van der Waals surface area (Å²) >= 11 is 6.95. The standard InChI is InChI=1S/C17H20ClN3O4S/c1-10(2)21-15(8-9-19-21)20-17(24)11(3)25-16(23)7-4-12(22)13-5-6-14(18)26-13/h5-6,8-11H,4,7H2,1-3H3,(H,20,24)/t11-/m0/s1. The number of thiophene rings is 1. The van der Waals surface area contributed by atoms with Crippen molar-refractivity contribution in [2.24, 2.45) is 0 Å². The molecule has 0 aliphatic carbocycles. The Hall–Kier alpha value is -2.19. The number of ketones is 1. The first-order chi connectivity index (χ1) is 12.3. The van der Waals surface area contributed by atoms with Crippen LogP contribution in [0.4, 0.5) is 5.82 Å². The Labute approximate surface area is 160 Å². The lowest BCUT2D eigenvalue weighted by molar-refractivity contribution is -0.153. The molecule has 1 atom stereocenters. The summed E-state index contributed by atoms with van der Waals surface area (Å²) in [7, 11) is 0. The Kier molecular flexibility index (Phi) is 6.93. The number of hydrogen-bond donors (Lipinski definition) is 1. The van der Waals surface area contributed by atoms with Crippen molar-refractivity contribution in [2.75, 3.05) is 5.32 Å². The number of hydrogen-bond acceptors (Lipinski definition) is 6. The van der Waals surface area contributed by atoms with Gasteiger partial charge in [0, 0.05) is 18.5 Å². The molecule has 26 heavy (non-hydrogen) atoms. The molecular weight excluding hydrogens is 378 g/mol. The maximum Gasteiger partial charge on any atom is 0.307 e. The van der Waals surface area contributed by atoms with Crippen molar-refractivity contribution in [1.82, 2.24) is 9.78 Å². The Morgan fingerprint density at radius 3 is 2.58 bits per heavy atom. The van der Waals surface area contributed by atoms with Gasteiger partial charge in [-0.3, -0.25) is 14.4 Å². The molecule has 2 aromatic heterocycles. The van der Waals surface area contributed by atoms with Gasteiger partial charge in [-0.1, -0.05) is 11.6 Å². The number of nitrogens with zero attached hydrogens (tertiary/aromatic N) is 2. The molecule has 0 radical (unpaired) electrons. The molecule has 0 aromatic carbocycles. The minimum atomic E-state index is -0.982. The van der Waals surface area contributed by atoms with Crippen molar-refractivity contribution in [2.45, 2.75) is 45.8 Å². The van der Waals surface area contributed by atoms with Gasteiger partial charge in [-0.05, 0) is 32.9 Å². The molecular formula is C17H20ClN3O4S. The second kappa shape index (κ2) is 8.95. The van der Waals surface area contributed by atoms with E-state index in [9.17, 15) is 14.4 Å². The third-order valence-electron chi connectivity index (χ3n) is 3.49. The number of aromatic nitrogens is 2. The topological polar surface area (TPSA) is 90.3 Å². The monoisotopic (exact) mass is 397 g/mol. The lowest BCUT2D eigenvalue weighted by Gasteiger charge is -2.15. The lowest BCUT2D eigenvalue weighted by Crippen LogP contribution is -2.31. The van der Waals surface area contributed by atoms with Crippen LogP contribution in [0.25, 0.3) is 0 Å². The average Bonchev–Trinajstić information content (AvgIpc) is 3.21. The number of ether oxygens (including phenoxy) is 1. The van der Waals surface area contributed by atoms with E-state index in [1.54, 1.807) is 29.1 Å². The highest BCUT2D eigenvalue weighted by atomic mass is 35.5. The van der Waals surface area contributed by atoms with Crippen molar-refractivity contribution in [1.29, 1.82) is 0 Å². The van der Waals surface area contributed by atoms with Crippen molar-refractivity contribution >= 4 is 46.4 Å².